The second-order valence-electron chi connectivity index (χ2n) is 4.46. The zero-order valence-electron chi connectivity index (χ0n) is 11.6. The summed E-state index contributed by atoms with van der Waals surface area (Å²) in [6, 6.07) is 3.87. The van der Waals surface area contributed by atoms with E-state index in [2.05, 4.69) is 4.18 Å². The molecule has 0 bridgehead atoms. The van der Waals surface area contributed by atoms with E-state index in [-0.39, 0.29) is 11.1 Å². The molecule has 0 unspecified atom stereocenters. The van der Waals surface area contributed by atoms with Gasteiger partial charge in [-0.15, -0.1) is 0 Å². The lowest BCUT2D eigenvalue weighted by Gasteiger charge is -2.14. The van der Waals surface area contributed by atoms with Gasteiger partial charge in [-0.2, -0.15) is 21.6 Å². The normalized spacial score (nSPS) is 12.2. The fourth-order valence-electron chi connectivity index (χ4n) is 1.79. The summed E-state index contributed by atoms with van der Waals surface area (Å²) in [7, 11) is -6.04. The van der Waals surface area contributed by atoms with Gasteiger partial charge in [0.2, 0.25) is 0 Å². The first-order valence-electron chi connectivity index (χ1n) is 6.03. The lowest BCUT2D eigenvalue weighted by Crippen LogP contribution is -2.28. The highest BCUT2D eigenvalue weighted by Crippen LogP contribution is 2.39. The van der Waals surface area contributed by atoms with Crippen LogP contribution in [0.5, 0.6) is 11.5 Å². The summed E-state index contributed by atoms with van der Waals surface area (Å²) in [5.74, 6) is -3.04. The van der Waals surface area contributed by atoms with Crippen molar-refractivity contribution in [3.8, 4) is 11.5 Å². The highest BCUT2D eigenvalue weighted by atomic mass is 35.5. The van der Waals surface area contributed by atoms with E-state index >= 15 is 0 Å². The Labute approximate surface area is 137 Å². The Hall–Kier alpha value is -2.07. The number of rotatable bonds is 3. The summed E-state index contributed by atoms with van der Waals surface area (Å²) in [5.41, 5.74) is -5.71. The molecule has 24 heavy (non-hydrogen) atoms. The van der Waals surface area contributed by atoms with Gasteiger partial charge in [-0.05, 0) is 17.5 Å². The fraction of sp³-hybridized carbons (Fsp3) is 0.154. The molecule has 0 radical (unpaired) electrons. The topological polar surface area (TPSA) is 69.7 Å². The van der Waals surface area contributed by atoms with Gasteiger partial charge in [0.1, 0.15) is 11.6 Å². The lowest BCUT2D eigenvalue weighted by atomic mass is 10.1. The minimum Gasteiger partial charge on any atom is -0.427 e. The Morgan fingerprint density at radius 3 is 2.38 bits per heavy atom. The third kappa shape index (κ3) is 3.54. The molecule has 0 aromatic heterocycles. The molecule has 0 heterocycles. The molecular weight excluding hydrogens is 380 g/mol. The average molecular weight is 387 g/mol. The number of ether oxygens (including phenoxy) is 1. The Bertz CT molecular complexity index is 924. The van der Waals surface area contributed by atoms with E-state index in [0.29, 0.717) is 6.07 Å². The van der Waals surface area contributed by atoms with E-state index in [9.17, 15) is 30.8 Å². The number of carbonyl (C=O) groups is 1. The van der Waals surface area contributed by atoms with Crippen LogP contribution in [0.3, 0.4) is 0 Å². The van der Waals surface area contributed by atoms with Crippen LogP contribution in [0.25, 0.3) is 10.8 Å². The number of alkyl halides is 3. The zero-order valence-corrected chi connectivity index (χ0v) is 13.2. The highest BCUT2D eigenvalue weighted by molar-refractivity contribution is 7.88. The van der Waals surface area contributed by atoms with Gasteiger partial charge in [-0.25, -0.2) is 4.39 Å². The van der Waals surface area contributed by atoms with Crippen molar-refractivity contribution in [1.29, 1.82) is 0 Å². The molecule has 0 atom stereocenters. The second-order valence-corrected chi connectivity index (χ2v) is 6.37. The van der Waals surface area contributed by atoms with Crippen molar-refractivity contribution in [1.82, 2.24) is 0 Å². The smallest absolute Gasteiger partial charge is 0.427 e. The fourth-order valence-corrected chi connectivity index (χ4v) is 2.52. The van der Waals surface area contributed by atoms with Crippen molar-refractivity contribution in [2.75, 3.05) is 0 Å². The van der Waals surface area contributed by atoms with E-state index in [1.807, 2.05) is 0 Å². The zero-order chi connectivity index (χ0) is 18.3. The molecule has 0 saturated heterocycles. The molecule has 130 valence electrons. The van der Waals surface area contributed by atoms with Crippen molar-refractivity contribution in [2.24, 2.45) is 0 Å². The second kappa shape index (κ2) is 6.10. The van der Waals surface area contributed by atoms with E-state index in [1.165, 1.54) is 0 Å². The molecule has 5 nitrogen and oxygen atoms in total. The van der Waals surface area contributed by atoms with Gasteiger partial charge in [0.05, 0.1) is 5.02 Å². The van der Waals surface area contributed by atoms with Crippen LogP contribution in [0.15, 0.2) is 24.3 Å². The van der Waals surface area contributed by atoms with Crippen LogP contribution < -0.4 is 8.92 Å². The van der Waals surface area contributed by atoms with Gasteiger partial charge < -0.3 is 8.92 Å². The molecule has 0 amide bonds. The van der Waals surface area contributed by atoms with E-state index in [4.69, 9.17) is 16.3 Å². The molecule has 0 spiro atoms. The summed E-state index contributed by atoms with van der Waals surface area (Å²) in [5, 5.41) is -1.05. The largest absolute Gasteiger partial charge is 0.534 e. The Balaban J connectivity index is 2.73. The van der Waals surface area contributed by atoms with Gasteiger partial charge >= 0.3 is 21.6 Å². The molecule has 0 saturated carbocycles. The molecule has 0 N–H and O–H groups in total. The van der Waals surface area contributed by atoms with E-state index < -0.39 is 43.6 Å². The summed E-state index contributed by atoms with van der Waals surface area (Å²) < 4.78 is 82.2. The quantitative estimate of drug-likeness (QED) is 0.264. The van der Waals surface area contributed by atoms with Crippen LogP contribution in [-0.4, -0.2) is 19.9 Å². The maximum absolute atomic E-state index is 13.6. The van der Waals surface area contributed by atoms with Crippen molar-refractivity contribution in [3.63, 3.8) is 0 Å². The predicted octanol–water partition coefficient (Wildman–Crippen LogP) is 3.79. The number of halogens is 5. The van der Waals surface area contributed by atoms with E-state index in [1.54, 1.807) is 0 Å². The van der Waals surface area contributed by atoms with Gasteiger partial charge in [-0.1, -0.05) is 17.7 Å². The maximum atomic E-state index is 13.6. The van der Waals surface area contributed by atoms with Gasteiger partial charge in [0.15, 0.2) is 5.75 Å². The molecule has 2 aromatic rings. The average Bonchev–Trinajstić information content (AvgIpc) is 2.40. The van der Waals surface area contributed by atoms with Crippen molar-refractivity contribution >= 4 is 38.5 Å². The minimum absolute atomic E-state index is 0.00697. The van der Waals surface area contributed by atoms with Crippen LogP contribution in [0.2, 0.25) is 5.02 Å². The molecule has 2 rings (SSSR count). The van der Waals surface area contributed by atoms with Crippen molar-refractivity contribution in [3.05, 3.63) is 35.1 Å². The van der Waals surface area contributed by atoms with Crippen LogP contribution in [-0.2, 0) is 14.9 Å². The number of carbonyl (C=O) groups excluding carboxylic acids is 1. The summed E-state index contributed by atoms with van der Waals surface area (Å²) in [4.78, 5) is 11.0. The van der Waals surface area contributed by atoms with Gasteiger partial charge in [0.25, 0.3) is 0 Å². The third-order valence-corrected chi connectivity index (χ3v) is 4.02. The summed E-state index contributed by atoms with van der Waals surface area (Å²) in [6.07, 6.45) is 0. The Morgan fingerprint density at radius 1 is 1.21 bits per heavy atom. The van der Waals surface area contributed by atoms with Crippen molar-refractivity contribution in [2.45, 2.75) is 12.4 Å². The standard InChI is InChI=1S/C13H7ClF4O5S/c1-6(19)22-8-4-7-2-3-9(15)12(14)11(7)10(5-8)23-24(20,21)13(16,17)18/h2-5H,1H3. The Kier molecular flexibility index (Phi) is 4.64. The van der Waals surface area contributed by atoms with Gasteiger partial charge in [0, 0.05) is 18.4 Å². The monoisotopic (exact) mass is 386 g/mol. The maximum Gasteiger partial charge on any atom is 0.534 e. The minimum atomic E-state index is -6.04. The number of hydrogen-bond donors (Lipinski definition) is 0. The van der Waals surface area contributed by atoms with E-state index in [0.717, 1.165) is 25.1 Å². The number of esters is 1. The number of hydrogen-bond acceptors (Lipinski definition) is 5. The Morgan fingerprint density at radius 2 is 1.83 bits per heavy atom. The predicted molar refractivity (Wildman–Crippen MR) is 75.8 cm³/mol. The molecule has 0 fully saturated rings. The molecule has 11 heteroatoms. The molecule has 0 aliphatic heterocycles. The van der Waals surface area contributed by atoms with Crippen molar-refractivity contribution < 1.29 is 39.7 Å². The summed E-state index contributed by atoms with van der Waals surface area (Å²) in [6.45, 7) is 1.02. The van der Waals surface area contributed by atoms with Crippen LogP contribution in [0.1, 0.15) is 6.92 Å². The SMILES string of the molecule is CC(=O)Oc1cc(OS(=O)(=O)C(F)(F)F)c2c(Cl)c(F)ccc2c1. The first-order chi connectivity index (χ1) is 10.9. The first-order valence-corrected chi connectivity index (χ1v) is 7.82. The molecule has 0 aliphatic rings. The third-order valence-electron chi connectivity index (χ3n) is 2.69. The molecule has 2 aromatic carbocycles. The van der Waals surface area contributed by atoms with Crippen LogP contribution in [0.4, 0.5) is 17.6 Å². The van der Waals surface area contributed by atoms with Gasteiger partial charge in [-0.3, -0.25) is 4.79 Å². The number of fused-ring (bicyclic) bond motifs is 1. The van der Waals surface area contributed by atoms with Crippen LogP contribution in [0, 0.1) is 5.82 Å². The lowest BCUT2D eigenvalue weighted by molar-refractivity contribution is -0.131. The molecule has 0 aliphatic carbocycles. The first kappa shape index (κ1) is 18.3. The molecular formula is C13H7ClF4O5S. The number of benzene rings is 2. The highest BCUT2D eigenvalue weighted by Gasteiger charge is 2.48. The summed E-state index contributed by atoms with van der Waals surface area (Å²) >= 11 is 5.69. The van der Waals surface area contributed by atoms with Crippen LogP contribution >= 0.6 is 11.6 Å².